The fourth-order valence-corrected chi connectivity index (χ4v) is 4.36. The second-order valence-electron chi connectivity index (χ2n) is 7.26. The van der Waals surface area contributed by atoms with E-state index in [0.717, 1.165) is 23.5 Å². The Labute approximate surface area is 173 Å². The molecule has 3 heterocycles. The molecule has 1 saturated heterocycles. The molecule has 7 nitrogen and oxygen atoms in total. The van der Waals surface area contributed by atoms with E-state index in [-0.39, 0.29) is 17.2 Å². The van der Waals surface area contributed by atoms with Crippen molar-refractivity contribution in [1.82, 2.24) is 19.6 Å². The number of carbonyl (C=O) groups excluding carboxylic acids is 1. The summed E-state index contributed by atoms with van der Waals surface area (Å²) in [6.45, 7) is 7.33. The number of ether oxygens (including phenoxy) is 1. The standard InChI is InChI=1S/C21H24N4O3S/c1-14-3-5-16(6-4-14)18(24-7-9-28-10-8-24)12-22-19(26)17-11-23-21-25(20(17)27)13-15(2)29-21/h3-6,11,13,18H,7-10,12H2,1-2H3,(H,22,26)/t18-/m1/s1. The van der Waals surface area contributed by atoms with Gasteiger partial charge in [0.1, 0.15) is 5.56 Å². The Balaban J connectivity index is 1.55. The molecule has 1 amide bonds. The summed E-state index contributed by atoms with van der Waals surface area (Å²) in [4.78, 5) is 33.6. The average Bonchev–Trinajstić information content (AvgIpc) is 3.12. The quantitative estimate of drug-likeness (QED) is 0.695. The Morgan fingerprint density at radius 2 is 1.97 bits per heavy atom. The van der Waals surface area contributed by atoms with Crippen LogP contribution < -0.4 is 10.9 Å². The van der Waals surface area contributed by atoms with Crippen LogP contribution in [-0.4, -0.2) is 53.0 Å². The molecule has 0 unspecified atom stereocenters. The summed E-state index contributed by atoms with van der Waals surface area (Å²) in [7, 11) is 0. The van der Waals surface area contributed by atoms with Crippen LogP contribution >= 0.6 is 11.3 Å². The minimum Gasteiger partial charge on any atom is -0.379 e. The maximum absolute atomic E-state index is 12.8. The number of morpholine rings is 1. The molecule has 29 heavy (non-hydrogen) atoms. The van der Waals surface area contributed by atoms with E-state index in [4.69, 9.17) is 4.74 Å². The maximum Gasteiger partial charge on any atom is 0.271 e. The summed E-state index contributed by atoms with van der Waals surface area (Å²) in [5.41, 5.74) is 2.05. The van der Waals surface area contributed by atoms with Crippen LogP contribution in [0, 0.1) is 13.8 Å². The second-order valence-corrected chi connectivity index (χ2v) is 8.47. The van der Waals surface area contributed by atoms with Crippen molar-refractivity contribution in [3.8, 4) is 0 Å². The minimum absolute atomic E-state index is 0.0197. The number of amides is 1. The number of nitrogens with one attached hydrogen (secondary N) is 1. The van der Waals surface area contributed by atoms with Gasteiger partial charge in [0.05, 0.1) is 19.3 Å². The Morgan fingerprint density at radius 3 is 2.69 bits per heavy atom. The third-order valence-electron chi connectivity index (χ3n) is 5.17. The Bertz CT molecular complexity index is 1070. The highest BCUT2D eigenvalue weighted by Gasteiger charge is 2.24. The first-order chi connectivity index (χ1) is 14.0. The van der Waals surface area contributed by atoms with Crippen molar-refractivity contribution in [2.75, 3.05) is 32.8 Å². The molecule has 0 bridgehead atoms. The summed E-state index contributed by atoms with van der Waals surface area (Å²) in [6.07, 6.45) is 3.09. The monoisotopic (exact) mass is 412 g/mol. The highest BCUT2D eigenvalue weighted by Crippen LogP contribution is 2.22. The SMILES string of the molecule is Cc1ccc([C@@H](CNC(=O)c2cnc3sc(C)cn3c2=O)N2CCOCC2)cc1. The Kier molecular flexibility index (Phi) is 5.75. The molecular weight excluding hydrogens is 388 g/mol. The highest BCUT2D eigenvalue weighted by molar-refractivity contribution is 7.16. The lowest BCUT2D eigenvalue weighted by Crippen LogP contribution is -2.44. The van der Waals surface area contributed by atoms with Crippen molar-refractivity contribution in [2.45, 2.75) is 19.9 Å². The molecule has 2 aromatic heterocycles. The van der Waals surface area contributed by atoms with Crippen molar-refractivity contribution < 1.29 is 9.53 Å². The van der Waals surface area contributed by atoms with Gasteiger partial charge in [-0.3, -0.25) is 18.9 Å². The van der Waals surface area contributed by atoms with Crippen LogP contribution in [0.5, 0.6) is 0 Å². The van der Waals surface area contributed by atoms with E-state index < -0.39 is 5.91 Å². The summed E-state index contributed by atoms with van der Waals surface area (Å²) < 4.78 is 6.92. The number of carbonyl (C=O) groups is 1. The van der Waals surface area contributed by atoms with Gasteiger partial charge in [0.2, 0.25) is 0 Å². The predicted octanol–water partition coefficient (Wildman–Crippen LogP) is 2.18. The number of hydrogen-bond acceptors (Lipinski definition) is 6. The van der Waals surface area contributed by atoms with Gasteiger partial charge >= 0.3 is 0 Å². The molecule has 1 aliphatic heterocycles. The van der Waals surface area contributed by atoms with Gasteiger partial charge in [-0.2, -0.15) is 0 Å². The average molecular weight is 413 g/mol. The first-order valence-corrected chi connectivity index (χ1v) is 10.5. The largest absolute Gasteiger partial charge is 0.379 e. The Morgan fingerprint density at radius 1 is 1.24 bits per heavy atom. The Hall–Kier alpha value is -2.55. The number of benzene rings is 1. The van der Waals surface area contributed by atoms with E-state index in [9.17, 15) is 9.59 Å². The fraction of sp³-hybridized carbons (Fsp3) is 0.381. The fourth-order valence-electron chi connectivity index (χ4n) is 3.57. The van der Waals surface area contributed by atoms with Gasteiger partial charge < -0.3 is 10.1 Å². The lowest BCUT2D eigenvalue weighted by molar-refractivity contribution is 0.0162. The number of thiazole rings is 1. The van der Waals surface area contributed by atoms with Crippen LogP contribution in [0.3, 0.4) is 0 Å². The summed E-state index contributed by atoms with van der Waals surface area (Å²) >= 11 is 1.42. The van der Waals surface area contributed by atoms with Crippen molar-refractivity contribution in [3.63, 3.8) is 0 Å². The van der Waals surface area contributed by atoms with E-state index in [1.807, 2.05) is 6.92 Å². The number of rotatable bonds is 5. The highest BCUT2D eigenvalue weighted by atomic mass is 32.1. The molecule has 1 N–H and O–H groups in total. The van der Waals surface area contributed by atoms with Crippen molar-refractivity contribution in [1.29, 1.82) is 0 Å². The molecule has 1 aromatic carbocycles. The smallest absolute Gasteiger partial charge is 0.271 e. The second kappa shape index (κ2) is 8.44. The maximum atomic E-state index is 12.8. The molecule has 0 aliphatic carbocycles. The van der Waals surface area contributed by atoms with Gasteiger partial charge in [-0.25, -0.2) is 4.98 Å². The first kappa shape index (κ1) is 19.8. The molecule has 152 valence electrons. The molecule has 1 atom stereocenters. The van der Waals surface area contributed by atoms with Crippen LogP contribution in [0.2, 0.25) is 0 Å². The van der Waals surface area contributed by atoms with Crippen molar-refractivity contribution >= 4 is 22.2 Å². The van der Waals surface area contributed by atoms with E-state index >= 15 is 0 Å². The number of aromatic nitrogens is 2. The topological polar surface area (TPSA) is 75.9 Å². The van der Waals surface area contributed by atoms with Gasteiger partial charge in [0.25, 0.3) is 11.5 Å². The van der Waals surface area contributed by atoms with Crippen LogP contribution in [0.25, 0.3) is 4.96 Å². The zero-order chi connectivity index (χ0) is 20.4. The van der Waals surface area contributed by atoms with Gasteiger partial charge in [-0.1, -0.05) is 29.8 Å². The van der Waals surface area contributed by atoms with Crippen LogP contribution in [0.4, 0.5) is 0 Å². The number of hydrogen-bond donors (Lipinski definition) is 1. The molecule has 0 spiro atoms. The third kappa shape index (κ3) is 4.24. The lowest BCUT2D eigenvalue weighted by Gasteiger charge is -2.35. The zero-order valence-electron chi connectivity index (χ0n) is 16.6. The van der Waals surface area contributed by atoms with E-state index in [1.54, 1.807) is 6.20 Å². The lowest BCUT2D eigenvalue weighted by atomic mass is 10.0. The van der Waals surface area contributed by atoms with Crippen molar-refractivity contribution in [3.05, 3.63) is 68.6 Å². The van der Waals surface area contributed by atoms with Gasteiger partial charge in [0.15, 0.2) is 4.96 Å². The molecule has 4 rings (SSSR count). The van der Waals surface area contributed by atoms with Crippen LogP contribution in [0.1, 0.15) is 32.4 Å². The third-order valence-corrected chi connectivity index (χ3v) is 6.08. The van der Waals surface area contributed by atoms with E-state index in [0.29, 0.717) is 24.7 Å². The van der Waals surface area contributed by atoms with Crippen LogP contribution in [-0.2, 0) is 4.74 Å². The molecule has 0 saturated carbocycles. The minimum atomic E-state index is -0.397. The normalized spacial score (nSPS) is 16.1. The van der Waals surface area contributed by atoms with Gasteiger partial charge in [-0.15, -0.1) is 11.3 Å². The molecular formula is C21H24N4O3S. The molecule has 1 aliphatic rings. The summed E-state index contributed by atoms with van der Waals surface area (Å²) in [6, 6.07) is 8.36. The van der Waals surface area contributed by atoms with Gasteiger partial charge in [0, 0.05) is 36.9 Å². The van der Waals surface area contributed by atoms with E-state index in [2.05, 4.69) is 46.4 Å². The first-order valence-electron chi connectivity index (χ1n) is 9.67. The summed E-state index contributed by atoms with van der Waals surface area (Å²) in [5, 5.41) is 2.95. The van der Waals surface area contributed by atoms with Gasteiger partial charge in [-0.05, 0) is 19.4 Å². The molecule has 3 aromatic rings. The molecule has 8 heteroatoms. The van der Waals surface area contributed by atoms with Crippen LogP contribution in [0.15, 0.2) is 41.5 Å². The zero-order valence-corrected chi connectivity index (χ0v) is 17.4. The summed E-state index contributed by atoms with van der Waals surface area (Å²) in [5.74, 6) is -0.397. The number of fused-ring (bicyclic) bond motifs is 1. The van der Waals surface area contributed by atoms with E-state index in [1.165, 1.54) is 27.5 Å². The number of aryl methyl sites for hydroxylation is 2. The number of nitrogens with zero attached hydrogens (tertiary/aromatic N) is 3. The molecule has 1 fully saturated rings. The predicted molar refractivity (Wildman–Crippen MR) is 113 cm³/mol. The molecule has 0 radical (unpaired) electrons. The van der Waals surface area contributed by atoms with Crippen molar-refractivity contribution in [2.24, 2.45) is 0 Å².